The van der Waals surface area contributed by atoms with E-state index in [2.05, 4.69) is 74.9 Å². The topological polar surface area (TPSA) is 184 Å². The SMILES string of the molecule is CC#Cc1cc(-c2cnc([C@@H]3[C@H]4CC[C@H](C4)N3C(=O)[C@@H](NC(=O)OC)C3CCOCC3)[nH]2)ccc1-c1ccc2c(ccc3[nH]c(CN(CCC)C(=O)[C@@H](NC(=O)OC)C(C)C)nc32)c1. The van der Waals surface area contributed by atoms with E-state index in [1.807, 2.05) is 44.9 Å². The second-order valence-corrected chi connectivity index (χ2v) is 17.5. The van der Waals surface area contributed by atoms with E-state index in [4.69, 9.17) is 24.2 Å². The first-order valence-electron chi connectivity index (χ1n) is 22.4. The number of imidazole rings is 2. The Morgan fingerprint density at radius 1 is 0.953 bits per heavy atom. The predicted molar refractivity (Wildman–Crippen MR) is 243 cm³/mol. The van der Waals surface area contributed by atoms with Gasteiger partial charge in [-0.25, -0.2) is 19.6 Å². The number of fused-ring (bicyclic) bond motifs is 5. The number of benzene rings is 3. The molecule has 3 aliphatic rings. The van der Waals surface area contributed by atoms with E-state index >= 15 is 0 Å². The number of piperidine rings is 1. The zero-order chi connectivity index (χ0) is 45.1. The van der Waals surface area contributed by atoms with Gasteiger partial charge in [0.2, 0.25) is 11.8 Å². The summed E-state index contributed by atoms with van der Waals surface area (Å²) in [5, 5.41) is 7.56. The summed E-state index contributed by atoms with van der Waals surface area (Å²) in [5.74, 6) is 7.65. The van der Waals surface area contributed by atoms with Gasteiger partial charge in [-0.05, 0) is 97.9 Å². The van der Waals surface area contributed by atoms with Crippen LogP contribution in [-0.4, -0.2) is 106 Å². The number of nitrogens with zero attached hydrogens (tertiary/aromatic N) is 4. The molecule has 2 bridgehead atoms. The third-order valence-corrected chi connectivity index (χ3v) is 13.1. The summed E-state index contributed by atoms with van der Waals surface area (Å²) in [6.07, 6.45) is 5.56. The third kappa shape index (κ3) is 8.88. The molecule has 4 heterocycles. The molecule has 1 aliphatic carbocycles. The fourth-order valence-corrected chi connectivity index (χ4v) is 9.98. The second kappa shape index (κ2) is 19.1. The average Bonchev–Trinajstić information content (AvgIpc) is 4.14. The Morgan fingerprint density at radius 2 is 1.72 bits per heavy atom. The highest BCUT2D eigenvalue weighted by Crippen LogP contribution is 2.50. The molecule has 2 aliphatic heterocycles. The minimum Gasteiger partial charge on any atom is -0.453 e. The summed E-state index contributed by atoms with van der Waals surface area (Å²) < 4.78 is 15.3. The van der Waals surface area contributed by atoms with Gasteiger partial charge in [-0.1, -0.05) is 57.0 Å². The van der Waals surface area contributed by atoms with Gasteiger partial charge < -0.3 is 44.6 Å². The monoisotopic (exact) mass is 870 g/mol. The summed E-state index contributed by atoms with van der Waals surface area (Å²) in [4.78, 5) is 73.3. The van der Waals surface area contributed by atoms with Gasteiger partial charge in [-0.3, -0.25) is 9.59 Å². The second-order valence-electron chi connectivity index (χ2n) is 17.5. The summed E-state index contributed by atoms with van der Waals surface area (Å²) in [6.45, 7) is 9.50. The molecule has 336 valence electrons. The van der Waals surface area contributed by atoms with Crippen molar-refractivity contribution in [2.75, 3.05) is 34.0 Å². The van der Waals surface area contributed by atoms with E-state index in [-0.39, 0.29) is 48.2 Å². The largest absolute Gasteiger partial charge is 0.453 e. The Hall–Kier alpha value is -6.40. The molecule has 0 radical (unpaired) electrons. The molecule has 5 aromatic rings. The molecule has 3 aromatic carbocycles. The van der Waals surface area contributed by atoms with Crippen LogP contribution in [0.15, 0.2) is 54.7 Å². The maximum absolute atomic E-state index is 14.5. The minimum absolute atomic E-state index is 0.0427. The van der Waals surface area contributed by atoms with Crippen LogP contribution >= 0.6 is 0 Å². The summed E-state index contributed by atoms with van der Waals surface area (Å²) in [5.41, 5.74) is 6.29. The number of carbonyl (C=O) groups excluding carboxylic acids is 4. The first-order chi connectivity index (χ1) is 31.0. The number of aromatic amines is 2. The van der Waals surface area contributed by atoms with E-state index in [9.17, 15) is 19.2 Å². The van der Waals surface area contributed by atoms with E-state index in [1.165, 1.54) is 14.2 Å². The zero-order valence-electron chi connectivity index (χ0n) is 37.5. The number of H-pyrrole nitrogens is 2. The van der Waals surface area contributed by atoms with Crippen LogP contribution in [-0.2, 0) is 30.3 Å². The van der Waals surface area contributed by atoms with Crippen LogP contribution in [0.3, 0.4) is 0 Å². The number of likely N-dealkylation sites (tertiary alicyclic amines) is 1. The molecular formula is C49H58N8O7. The lowest BCUT2D eigenvalue weighted by Gasteiger charge is -2.39. The van der Waals surface area contributed by atoms with Gasteiger partial charge in [0.05, 0.1) is 49.7 Å². The first-order valence-corrected chi connectivity index (χ1v) is 22.4. The quantitative estimate of drug-likeness (QED) is 0.0873. The van der Waals surface area contributed by atoms with E-state index in [0.29, 0.717) is 38.4 Å². The number of carbonyl (C=O) groups is 4. The number of aromatic nitrogens is 4. The van der Waals surface area contributed by atoms with Crippen LogP contribution in [0.4, 0.5) is 9.59 Å². The zero-order valence-corrected chi connectivity index (χ0v) is 37.5. The summed E-state index contributed by atoms with van der Waals surface area (Å²) in [7, 11) is 2.60. The highest BCUT2D eigenvalue weighted by molar-refractivity contribution is 6.05. The van der Waals surface area contributed by atoms with E-state index in [1.54, 1.807) is 4.90 Å². The van der Waals surface area contributed by atoms with Gasteiger partial charge in [0.15, 0.2) is 0 Å². The lowest BCUT2D eigenvalue weighted by Crippen LogP contribution is -2.55. The Labute approximate surface area is 373 Å². The van der Waals surface area contributed by atoms with Crippen molar-refractivity contribution < 1.29 is 33.4 Å². The molecule has 2 aromatic heterocycles. The normalized spacial score (nSPS) is 19.3. The molecule has 3 fully saturated rings. The van der Waals surface area contributed by atoms with Crippen LogP contribution in [0.25, 0.3) is 44.2 Å². The molecule has 15 heteroatoms. The van der Waals surface area contributed by atoms with Crippen LogP contribution in [0, 0.1) is 29.6 Å². The smallest absolute Gasteiger partial charge is 0.407 e. The minimum atomic E-state index is -0.731. The number of hydrogen-bond donors (Lipinski definition) is 4. The van der Waals surface area contributed by atoms with E-state index < -0.39 is 24.3 Å². The summed E-state index contributed by atoms with van der Waals surface area (Å²) in [6, 6.07) is 15.1. The van der Waals surface area contributed by atoms with Gasteiger partial charge in [-0.15, -0.1) is 5.92 Å². The van der Waals surface area contributed by atoms with E-state index in [0.717, 1.165) is 81.3 Å². The molecular weight excluding hydrogens is 813 g/mol. The van der Waals surface area contributed by atoms with Gasteiger partial charge in [0.1, 0.15) is 23.7 Å². The number of amides is 4. The third-order valence-electron chi connectivity index (χ3n) is 13.1. The number of rotatable bonds is 13. The Balaban J connectivity index is 1.04. The van der Waals surface area contributed by atoms with Crippen molar-refractivity contribution in [3.63, 3.8) is 0 Å². The van der Waals surface area contributed by atoms with Crippen molar-refractivity contribution in [2.24, 2.45) is 17.8 Å². The van der Waals surface area contributed by atoms with Crippen LogP contribution in [0.2, 0.25) is 0 Å². The highest BCUT2D eigenvalue weighted by Gasteiger charge is 2.52. The molecule has 1 saturated carbocycles. The van der Waals surface area contributed by atoms with Crippen LogP contribution < -0.4 is 10.6 Å². The predicted octanol–water partition coefficient (Wildman–Crippen LogP) is 7.47. The molecule has 4 amide bonds. The van der Waals surface area contributed by atoms with Crippen LogP contribution in [0.5, 0.6) is 0 Å². The number of nitrogens with one attached hydrogen (secondary N) is 4. The lowest BCUT2D eigenvalue weighted by atomic mass is 9.89. The molecule has 2 saturated heterocycles. The molecule has 15 nitrogen and oxygen atoms in total. The fourth-order valence-electron chi connectivity index (χ4n) is 9.98. The number of methoxy groups -OCH3 is 2. The molecule has 4 N–H and O–H groups in total. The van der Waals surface area contributed by atoms with Crippen molar-refractivity contribution >= 4 is 45.8 Å². The fraction of sp³-hybridized carbons (Fsp3) is 0.469. The first kappa shape index (κ1) is 44.2. The molecule has 8 rings (SSSR count). The number of ether oxygens (including phenoxy) is 3. The van der Waals surface area contributed by atoms with Crippen molar-refractivity contribution in [3.8, 4) is 34.2 Å². The summed E-state index contributed by atoms with van der Waals surface area (Å²) >= 11 is 0. The molecule has 0 unspecified atom stereocenters. The Bertz CT molecular complexity index is 2600. The van der Waals surface area contributed by atoms with Gasteiger partial charge in [0, 0.05) is 42.3 Å². The van der Waals surface area contributed by atoms with Gasteiger partial charge in [-0.2, -0.15) is 0 Å². The van der Waals surface area contributed by atoms with Crippen LogP contribution in [0.1, 0.15) is 89.5 Å². The number of alkyl carbamates (subject to hydrolysis) is 2. The lowest BCUT2D eigenvalue weighted by molar-refractivity contribution is -0.140. The molecule has 0 spiro atoms. The van der Waals surface area contributed by atoms with Crippen molar-refractivity contribution in [3.05, 3.63) is 71.9 Å². The van der Waals surface area contributed by atoms with Crippen molar-refractivity contribution in [2.45, 2.75) is 96.9 Å². The molecule has 64 heavy (non-hydrogen) atoms. The number of hydrogen-bond acceptors (Lipinski definition) is 9. The van der Waals surface area contributed by atoms with Gasteiger partial charge in [0.25, 0.3) is 0 Å². The maximum Gasteiger partial charge on any atom is 0.407 e. The maximum atomic E-state index is 14.5. The Morgan fingerprint density at radius 3 is 2.45 bits per heavy atom. The van der Waals surface area contributed by atoms with Crippen molar-refractivity contribution in [1.29, 1.82) is 0 Å². The van der Waals surface area contributed by atoms with Gasteiger partial charge >= 0.3 is 12.2 Å². The standard InChI is InChI=1S/C49H58N8O7/c1-7-9-30-24-33(39-26-50-45(52-39)44-34-10-14-35(25-34)57(44)47(59)42(55-49(61)63-6)29-18-21-64-22-19-29)12-15-36(30)31-11-16-37-32(23-31)13-17-38-43(37)53-40(51-38)27-56(20-8-2)46(58)41(28(3)4)54-48(60)62-5/h11-13,15-17,23-24,26,28-29,34-35,41-42,44H,8,10,14,18-22,25,27H2,1-6H3,(H,50,52)(H,51,53)(H,54,60)(H,55,61)/t34-,35+,41-,42-,44-/m0/s1. The Kier molecular flexibility index (Phi) is 13.2. The average molecular weight is 871 g/mol. The molecule has 5 atom stereocenters. The highest BCUT2D eigenvalue weighted by atomic mass is 16.5. The van der Waals surface area contributed by atoms with Crippen molar-refractivity contribution in [1.82, 2.24) is 40.4 Å².